The number of anilines is 1. The number of nitrogens with zero attached hydrogens (tertiary/aromatic N) is 1. The lowest BCUT2D eigenvalue weighted by Gasteiger charge is -2.47. The molecule has 1 atom stereocenters. The van der Waals surface area contributed by atoms with Crippen LogP contribution in [0.5, 0.6) is 5.75 Å². The van der Waals surface area contributed by atoms with Gasteiger partial charge in [0.05, 0.1) is 6.61 Å². The molecule has 1 aliphatic rings. The molecule has 4 nitrogen and oxygen atoms in total. The maximum atomic E-state index is 8.12. The van der Waals surface area contributed by atoms with E-state index in [1.54, 1.807) is 0 Å². The first-order valence-corrected chi connectivity index (χ1v) is 15.3. The normalized spacial score (nSPS) is 16.6. The summed E-state index contributed by atoms with van der Waals surface area (Å²) in [7, 11) is 2.34. The van der Waals surface area contributed by atoms with Gasteiger partial charge in [-0.25, -0.2) is 0 Å². The van der Waals surface area contributed by atoms with E-state index in [1.807, 2.05) is 0 Å². The molecular weight excluding hydrogens is 458 g/mol. The van der Waals surface area contributed by atoms with Crippen molar-refractivity contribution in [3.8, 4) is 5.75 Å². The third kappa shape index (κ3) is 10.5. The number of ether oxygens (including phenoxy) is 1. The van der Waals surface area contributed by atoms with Gasteiger partial charge in [0.2, 0.25) is 0 Å². The topological polar surface area (TPSA) is 46.6 Å². The molecule has 0 fully saturated rings. The van der Waals surface area contributed by atoms with Gasteiger partial charge in [0, 0.05) is 18.3 Å². The molecular formula is C33H57NO3. The molecule has 1 aliphatic heterocycles. The predicted molar refractivity (Wildman–Crippen MR) is 157 cm³/mol. The minimum absolute atomic E-state index is 0.250. The fraction of sp³-hybridized carbons (Fsp3) is 0.788. The Kier molecular flexibility index (Phi) is 16.6. The Balaban J connectivity index is 0.00000217. The van der Waals surface area contributed by atoms with Gasteiger partial charge in [-0.1, -0.05) is 96.8 Å². The van der Waals surface area contributed by atoms with Gasteiger partial charge in [0.25, 0.3) is 0 Å². The second kappa shape index (κ2) is 18.5. The fourth-order valence-electron chi connectivity index (χ4n) is 6.12. The largest absolute Gasteiger partial charge is 0.493 e. The standard InChI is InChI=1S/C32H57NO.CO2/c1-8-10-11-12-13-14-15-16-17-18-19-20-21-22-24-32(6)25-23-29-28(5)31(34-9-2)27(4)26(3)30(29)33(32)7;2-1-3/h8-25H2,1-7H3;. The fourth-order valence-corrected chi connectivity index (χ4v) is 6.12. The van der Waals surface area contributed by atoms with Crippen LogP contribution >= 0.6 is 0 Å². The summed E-state index contributed by atoms with van der Waals surface area (Å²) in [4.78, 5) is 18.9. The Hall–Kier alpha value is -1.80. The molecule has 0 aromatic heterocycles. The molecule has 0 radical (unpaired) electrons. The van der Waals surface area contributed by atoms with E-state index in [0.717, 1.165) is 12.4 Å². The molecule has 1 aromatic rings. The minimum atomic E-state index is 0.250. The van der Waals surface area contributed by atoms with Gasteiger partial charge in [0.15, 0.2) is 0 Å². The van der Waals surface area contributed by atoms with E-state index in [4.69, 9.17) is 14.3 Å². The number of hydrogen-bond donors (Lipinski definition) is 0. The Bertz CT molecular complexity index is 813. The number of unbranched alkanes of at least 4 members (excludes halogenated alkanes) is 13. The average molecular weight is 516 g/mol. The first-order valence-electron chi connectivity index (χ1n) is 15.3. The van der Waals surface area contributed by atoms with Gasteiger partial charge >= 0.3 is 6.15 Å². The first kappa shape index (κ1) is 33.2. The van der Waals surface area contributed by atoms with E-state index in [-0.39, 0.29) is 11.7 Å². The lowest BCUT2D eigenvalue weighted by molar-refractivity contribution is -0.191. The zero-order valence-electron chi connectivity index (χ0n) is 25.4. The van der Waals surface area contributed by atoms with Crippen molar-refractivity contribution in [2.75, 3.05) is 18.6 Å². The Morgan fingerprint density at radius 3 is 1.68 bits per heavy atom. The van der Waals surface area contributed by atoms with E-state index in [0.29, 0.717) is 0 Å². The summed E-state index contributed by atoms with van der Waals surface area (Å²) in [6.45, 7) is 14.4. The van der Waals surface area contributed by atoms with Gasteiger partial charge in [-0.3, -0.25) is 0 Å². The quantitative estimate of drug-likeness (QED) is 0.194. The molecule has 4 heteroatoms. The number of fused-ring (bicyclic) bond motifs is 1. The van der Waals surface area contributed by atoms with Crippen molar-refractivity contribution in [2.45, 2.75) is 156 Å². The van der Waals surface area contributed by atoms with Crippen molar-refractivity contribution in [1.29, 1.82) is 0 Å². The van der Waals surface area contributed by atoms with Gasteiger partial charge in [-0.15, -0.1) is 0 Å². The summed E-state index contributed by atoms with van der Waals surface area (Å²) in [5.74, 6) is 1.13. The molecule has 1 unspecified atom stereocenters. The Morgan fingerprint density at radius 1 is 0.757 bits per heavy atom. The third-order valence-corrected chi connectivity index (χ3v) is 8.75. The van der Waals surface area contributed by atoms with E-state index >= 15 is 0 Å². The van der Waals surface area contributed by atoms with Crippen molar-refractivity contribution >= 4 is 11.8 Å². The van der Waals surface area contributed by atoms with Crippen LogP contribution in [0, 0.1) is 20.8 Å². The van der Waals surface area contributed by atoms with E-state index in [2.05, 4.69) is 53.5 Å². The summed E-state index contributed by atoms with van der Waals surface area (Å²) < 4.78 is 6.04. The van der Waals surface area contributed by atoms with Crippen LogP contribution in [0.25, 0.3) is 0 Å². The number of benzene rings is 1. The molecule has 0 spiro atoms. The SMILES string of the molecule is CCCCCCCCCCCCCCCCC1(C)CCc2c(C)c(OCC)c(C)c(C)c2N1C.O=C=O. The van der Waals surface area contributed by atoms with Crippen LogP contribution in [0.1, 0.15) is 146 Å². The Labute approximate surface area is 228 Å². The minimum Gasteiger partial charge on any atom is -0.493 e. The van der Waals surface area contributed by atoms with E-state index < -0.39 is 0 Å². The molecule has 0 amide bonds. The van der Waals surface area contributed by atoms with Crippen LogP contribution in [0.3, 0.4) is 0 Å². The second-order valence-electron chi connectivity index (χ2n) is 11.4. The first-order chi connectivity index (χ1) is 17.8. The molecule has 0 saturated heterocycles. The van der Waals surface area contributed by atoms with Crippen molar-refractivity contribution in [3.05, 3.63) is 22.3 Å². The Morgan fingerprint density at radius 2 is 1.22 bits per heavy atom. The van der Waals surface area contributed by atoms with Crippen molar-refractivity contribution in [1.82, 2.24) is 0 Å². The third-order valence-electron chi connectivity index (χ3n) is 8.75. The summed E-state index contributed by atoms with van der Waals surface area (Å²) in [5.41, 5.74) is 7.39. The zero-order valence-corrected chi connectivity index (χ0v) is 25.4. The highest BCUT2D eigenvalue weighted by molar-refractivity contribution is 5.70. The van der Waals surface area contributed by atoms with E-state index in [9.17, 15) is 0 Å². The average Bonchev–Trinajstić information content (AvgIpc) is 2.87. The van der Waals surface area contributed by atoms with Gasteiger partial charge in [-0.05, 0) is 76.1 Å². The van der Waals surface area contributed by atoms with Crippen LogP contribution < -0.4 is 9.64 Å². The van der Waals surface area contributed by atoms with Gasteiger partial charge in [0.1, 0.15) is 5.75 Å². The second-order valence-corrected chi connectivity index (χ2v) is 11.4. The molecule has 37 heavy (non-hydrogen) atoms. The molecule has 2 rings (SSSR count). The molecule has 0 saturated carbocycles. The van der Waals surface area contributed by atoms with Crippen LogP contribution in [-0.4, -0.2) is 25.3 Å². The van der Waals surface area contributed by atoms with Crippen LogP contribution in [0.15, 0.2) is 0 Å². The number of carbonyl (C=O) groups excluding carboxylic acids is 2. The van der Waals surface area contributed by atoms with E-state index in [1.165, 1.54) is 137 Å². The highest BCUT2D eigenvalue weighted by Gasteiger charge is 2.36. The molecule has 212 valence electrons. The highest BCUT2D eigenvalue weighted by Crippen LogP contribution is 2.46. The van der Waals surface area contributed by atoms with Gasteiger partial charge < -0.3 is 9.64 Å². The molecule has 1 aromatic carbocycles. The van der Waals surface area contributed by atoms with Crippen molar-refractivity contribution in [3.63, 3.8) is 0 Å². The zero-order chi connectivity index (χ0) is 27.7. The van der Waals surface area contributed by atoms with Crippen LogP contribution in [-0.2, 0) is 16.0 Å². The van der Waals surface area contributed by atoms with Crippen LogP contribution in [0.4, 0.5) is 5.69 Å². The highest BCUT2D eigenvalue weighted by atomic mass is 16.5. The predicted octanol–water partition coefficient (Wildman–Crippen LogP) is 9.44. The van der Waals surface area contributed by atoms with Crippen LogP contribution in [0.2, 0.25) is 0 Å². The van der Waals surface area contributed by atoms with Gasteiger partial charge in [-0.2, -0.15) is 9.59 Å². The summed E-state index contributed by atoms with van der Waals surface area (Å²) >= 11 is 0. The summed E-state index contributed by atoms with van der Waals surface area (Å²) in [6.07, 6.45) is 24.0. The van der Waals surface area contributed by atoms with Crippen molar-refractivity contribution < 1.29 is 14.3 Å². The maximum Gasteiger partial charge on any atom is 0.373 e. The summed E-state index contributed by atoms with van der Waals surface area (Å²) in [6, 6.07) is 0. The molecule has 1 heterocycles. The smallest absolute Gasteiger partial charge is 0.373 e. The lowest BCUT2D eigenvalue weighted by Crippen LogP contribution is -2.48. The number of hydrogen-bond acceptors (Lipinski definition) is 4. The molecule has 0 bridgehead atoms. The summed E-state index contributed by atoms with van der Waals surface area (Å²) in [5, 5.41) is 0. The monoisotopic (exact) mass is 515 g/mol. The molecule has 0 N–H and O–H groups in total. The maximum absolute atomic E-state index is 8.12. The van der Waals surface area contributed by atoms with Crippen molar-refractivity contribution in [2.24, 2.45) is 0 Å². The number of rotatable bonds is 17. The molecule has 0 aliphatic carbocycles. The lowest BCUT2D eigenvalue weighted by atomic mass is 9.79.